The van der Waals surface area contributed by atoms with Crippen molar-refractivity contribution >= 4 is 11.7 Å². The highest BCUT2D eigenvalue weighted by Gasteiger charge is 2.20. The molecule has 1 aromatic heterocycles. The molecule has 1 aliphatic heterocycles. The first-order chi connectivity index (χ1) is 10.6. The van der Waals surface area contributed by atoms with Crippen molar-refractivity contribution in [1.82, 2.24) is 14.5 Å². The first-order valence-corrected chi connectivity index (χ1v) is 7.14. The number of nitrogens with zero attached hydrogens (tertiary/aromatic N) is 3. The molecule has 0 saturated carbocycles. The lowest BCUT2D eigenvalue weighted by atomic mass is 10.1. The molecule has 22 heavy (non-hydrogen) atoms. The molecule has 0 aliphatic carbocycles. The lowest BCUT2D eigenvalue weighted by Gasteiger charge is -2.28. The number of hydrogen-bond donors (Lipinski definition) is 0. The molecule has 0 bridgehead atoms. The molecule has 0 fully saturated rings. The first kappa shape index (κ1) is 14.3. The molecule has 0 saturated heterocycles. The summed E-state index contributed by atoms with van der Waals surface area (Å²) in [5.74, 6) is 0.435. The van der Waals surface area contributed by atoms with Gasteiger partial charge in [0.05, 0.1) is 18.6 Å². The van der Waals surface area contributed by atoms with Crippen LogP contribution in [0.25, 0.3) is 0 Å². The molecule has 2 aromatic rings. The van der Waals surface area contributed by atoms with Crippen LogP contribution in [-0.4, -0.2) is 39.3 Å². The van der Waals surface area contributed by atoms with Crippen molar-refractivity contribution in [3.05, 3.63) is 48.0 Å². The normalized spacial score (nSPS) is 13.6. The summed E-state index contributed by atoms with van der Waals surface area (Å²) in [6.45, 7) is 3.42. The first-order valence-electron chi connectivity index (χ1n) is 7.14. The van der Waals surface area contributed by atoms with Gasteiger partial charge in [-0.2, -0.15) is 0 Å². The van der Waals surface area contributed by atoms with Crippen molar-refractivity contribution in [2.24, 2.45) is 0 Å². The van der Waals surface area contributed by atoms with Crippen LogP contribution in [0.15, 0.2) is 36.8 Å². The van der Waals surface area contributed by atoms with Crippen LogP contribution in [0.5, 0.6) is 5.75 Å². The molecule has 6 nitrogen and oxygen atoms in total. The molecule has 0 atom stereocenters. The number of ketones is 1. The highest BCUT2D eigenvalue weighted by atomic mass is 16.5. The van der Waals surface area contributed by atoms with Gasteiger partial charge in [-0.3, -0.25) is 9.59 Å². The molecule has 0 spiro atoms. The van der Waals surface area contributed by atoms with E-state index in [9.17, 15) is 9.59 Å². The monoisotopic (exact) mass is 299 g/mol. The fourth-order valence-electron chi connectivity index (χ4n) is 2.44. The summed E-state index contributed by atoms with van der Waals surface area (Å²) in [6.07, 6.45) is 3.55. The number of amides is 1. The second kappa shape index (κ2) is 6.01. The van der Waals surface area contributed by atoms with E-state index in [-0.39, 0.29) is 18.3 Å². The van der Waals surface area contributed by atoms with Crippen LogP contribution in [0.2, 0.25) is 0 Å². The zero-order valence-corrected chi connectivity index (χ0v) is 12.4. The largest absolute Gasteiger partial charge is 0.484 e. The maximum Gasteiger partial charge on any atom is 0.260 e. The number of rotatable bonds is 4. The van der Waals surface area contributed by atoms with Crippen LogP contribution in [0, 0.1) is 0 Å². The van der Waals surface area contributed by atoms with Gasteiger partial charge in [-0.1, -0.05) is 12.1 Å². The van der Waals surface area contributed by atoms with Crippen molar-refractivity contribution in [3.8, 4) is 5.75 Å². The fourth-order valence-corrected chi connectivity index (χ4v) is 2.44. The number of Topliss-reactive ketones (excluding diaryl/α,β-unsaturated/α-hetero) is 1. The number of ether oxygens (including phenoxy) is 1. The Bertz CT molecular complexity index is 708. The highest BCUT2D eigenvalue weighted by molar-refractivity contribution is 5.94. The van der Waals surface area contributed by atoms with Crippen LogP contribution in [0.1, 0.15) is 23.0 Å². The van der Waals surface area contributed by atoms with Gasteiger partial charge in [0.1, 0.15) is 5.75 Å². The van der Waals surface area contributed by atoms with Gasteiger partial charge in [0.15, 0.2) is 12.4 Å². The lowest BCUT2D eigenvalue weighted by molar-refractivity contribution is -0.134. The quantitative estimate of drug-likeness (QED) is 0.803. The van der Waals surface area contributed by atoms with Gasteiger partial charge in [-0.05, 0) is 19.1 Å². The predicted octanol–water partition coefficient (Wildman–Crippen LogP) is 1.51. The summed E-state index contributed by atoms with van der Waals surface area (Å²) in [6, 6.07) is 6.87. The molecular formula is C16H17N3O3. The summed E-state index contributed by atoms with van der Waals surface area (Å²) >= 11 is 0. The average molecular weight is 299 g/mol. The van der Waals surface area contributed by atoms with Crippen molar-refractivity contribution in [3.63, 3.8) is 0 Å². The Kier molecular flexibility index (Phi) is 3.91. The van der Waals surface area contributed by atoms with Gasteiger partial charge < -0.3 is 14.2 Å². The average Bonchev–Trinajstić information content (AvgIpc) is 3.00. The van der Waals surface area contributed by atoms with Crippen LogP contribution < -0.4 is 4.74 Å². The van der Waals surface area contributed by atoms with Gasteiger partial charge in [-0.15, -0.1) is 0 Å². The fraction of sp³-hybridized carbons (Fsp3) is 0.312. The molecule has 2 heterocycles. The number of imidazole rings is 1. The molecule has 0 radical (unpaired) electrons. The topological polar surface area (TPSA) is 64.4 Å². The molecule has 1 amide bonds. The van der Waals surface area contributed by atoms with Crippen LogP contribution >= 0.6 is 0 Å². The van der Waals surface area contributed by atoms with E-state index >= 15 is 0 Å². The van der Waals surface area contributed by atoms with E-state index in [1.54, 1.807) is 41.7 Å². The number of benzene rings is 1. The number of carbonyl (C=O) groups excluding carboxylic acids is 2. The van der Waals surface area contributed by atoms with E-state index in [0.717, 1.165) is 12.2 Å². The third-order valence-electron chi connectivity index (χ3n) is 3.72. The maximum absolute atomic E-state index is 12.2. The summed E-state index contributed by atoms with van der Waals surface area (Å²) in [7, 11) is 0. The molecule has 0 unspecified atom stereocenters. The minimum absolute atomic E-state index is 0.0268. The smallest absolute Gasteiger partial charge is 0.260 e. The van der Waals surface area contributed by atoms with E-state index in [4.69, 9.17) is 4.74 Å². The third-order valence-corrected chi connectivity index (χ3v) is 3.72. The molecule has 1 aliphatic rings. The molecule has 1 aromatic carbocycles. The summed E-state index contributed by atoms with van der Waals surface area (Å²) in [5, 5.41) is 0. The van der Waals surface area contributed by atoms with Crippen molar-refractivity contribution in [2.45, 2.75) is 20.0 Å². The summed E-state index contributed by atoms with van der Waals surface area (Å²) < 4.78 is 7.56. The predicted molar refractivity (Wildman–Crippen MR) is 79.6 cm³/mol. The van der Waals surface area contributed by atoms with Crippen molar-refractivity contribution in [1.29, 1.82) is 0 Å². The molecule has 114 valence electrons. The number of hydrogen-bond acceptors (Lipinski definition) is 4. The Morgan fingerprint density at radius 1 is 1.32 bits per heavy atom. The standard InChI is InChI=1S/C16H17N3O3/c1-12(20)13-3-2-4-15(7-13)22-10-16(21)18-5-6-19-11-17-8-14(19)9-18/h2-4,7-8,11H,5-6,9-10H2,1H3. The summed E-state index contributed by atoms with van der Waals surface area (Å²) in [4.78, 5) is 29.4. The molecule has 6 heteroatoms. The van der Waals surface area contributed by atoms with Gasteiger partial charge in [-0.25, -0.2) is 4.98 Å². The van der Waals surface area contributed by atoms with E-state index < -0.39 is 0 Å². The molecule has 0 N–H and O–H groups in total. The zero-order valence-electron chi connectivity index (χ0n) is 12.4. The number of aromatic nitrogens is 2. The SMILES string of the molecule is CC(=O)c1cccc(OCC(=O)N2CCn3cncc3C2)c1. The van der Waals surface area contributed by atoms with Crippen LogP contribution in [-0.2, 0) is 17.9 Å². The second-order valence-corrected chi connectivity index (χ2v) is 5.27. The summed E-state index contributed by atoms with van der Waals surface area (Å²) in [5.41, 5.74) is 1.60. The van der Waals surface area contributed by atoms with Gasteiger partial charge in [0.2, 0.25) is 0 Å². The lowest BCUT2D eigenvalue weighted by Crippen LogP contribution is -2.40. The van der Waals surface area contributed by atoms with E-state index in [0.29, 0.717) is 24.4 Å². The van der Waals surface area contributed by atoms with Gasteiger partial charge >= 0.3 is 0 Å². The number of carbonyl (C=O) groups is 2. The Hall–Kier alpha value is -2.63. The van der Waals surface area contributed by atoms with Crippen molar-refractivity contribution in [2.75, 3.05) is 13.2 Å². The number of fused-ring (bicyclic) bond motifs is 1. The third kappa shape index (κ3) is 3.00. The van der Waals surface area contributed by atoms with Crippen molar-refractivity contribution < 1.29 is 14.3 Å². The van der Waals surface area contributed by atoms with Gasteiger partial charge in [0.25, 0.3) is 5.91 Å². The minimum atomic E-state index is -0.0688. The maximum atomic E-state index is 12.2. The van der Waals surface area contributed by atoms with E-state index in [1.807, 2.05) is 4.57 Å². The zero-order chi connectivity index (χ0) is 15.5. The Labute approximate surface area is 128 Å². The highest BCUT2D eigenvalue weighted by Crippen LogP contribution is 2.15. The minimum Gasteiger partial charge on any atom is -0.484 e. The van der Waals surface area contributed by atoms with Crippen LogP contribution in [0.3, 0.4) is 0 Å². The van der Waals surface area contributed by atoms with E-state index in [1.165, 1.54) is 6.92 Å². The Morgan fingerprint density at radius 3 is 3.00 bits per heavy atom. The Balaban J connectivity index is 1.59. The Morgan fingerprint density at radius 2 is 2.18 bits per heavy atom. The molecule has 3 rings (SSSR count). The second-order valence-electron chi connectivity index (χ2n) is 5.27. The molecular weight excluding hydrogens is 282 g/mol. The van der Waals surface area contributed by atoms with E-state index in [2.05, 4.69) is 4.98 Å². The van der Waals surface area contributed by atoms with Crippen LogP contribution in [0.4, 0.5) is 0 Å². The van der Waals surface area contributed by atoms with Gasteiger partial charge in [0, 0.05) is 24.8 Å².